The lowest BCUT2D eigenvalue weighted by Gasteiger charge is -2.46. The van der Waals surface area contributed by atoms with Crippen LogP contribution in [0.2, 0.25) is 0 Å². The molecular formula is C23H20F29N2O4S+. The molecule has 0 aromatic heterocycles. The molecule has 0 saturated carbocycles. The third kappa shape index (κ3) is 8.59. The van der Waals surface area contributed by atoms with E-state index < -0.39 is 135 Å². The number of hydrogen-bond acceptors (Lipinski definition) is 3. The number of likely N-dealkylation sites (N-methyl/N-ethyl adjacent to an activating group) is 1. The van der Waals surface area contributed by atoms with Crippen LogP contribution in [0.4, 0.5) is 127 Å². The fourth-order valence-electron chi connectivity index (χ4n) is 4.05. The zero-order chi connectivity index (χ0) is 48.5. The highest BCUT2D eigenvalue weighted by molar-refractivity contribution is 7.89. The number of nitrogens with one attached hydrogen (secondary N) is 1. The lowest BCUT2D eigenvalue weighted by Crippen LogP contribution is -2.79. The minimum atomic E-state index is -10.0. The molecule has 0 spiro atoms. The molecule has 36 heteroatoms. The summed E-state index contributed by atoms with van der Waals surface area (Å²) in [6.07, 6.45) is -12.3. The van der Waals surface area contributed by atoms with Crippen molar-refractivity contribution >= 4 is 16.0 Å². The van der Waals surface area contributed by atoms with E-state index in [1.165, 1.54) is 18.8 Å². The van der Waals surface area contributed by atoms with Gasteiger partial charge in [-0.3, -0.25) is 0 Å². The second-order valence-electron chi connectivity index (χ2n) is 12.6. The SMILES string of the molecule is C[N+](C)(CCCNS(=O)(=O)CCC(F)(F)C(F)(F)C(F)(F)C(F)(F)C(F)(F)C(F)(F)C(F)(F)C(F)(F)C(F)(F)C(F)(F)C(F)(F)C(F)(F)C(F)(F)C(F)(F)F)CC(=O)O. The topological polar surface area (TPSA) is 83.5 Å². The van der Waals surface area contributed by atoms with Gasteiger partial charge in [0.05, 0.1) is 26.4 Å². The number of carboxylic acid groups (broad SMARTS) is 1. The number of halogens is 29. The summed E-state index contributed by atoms with van der Waals surface area (Å²) < 4.78 is 420. The number of sulfonamides is 1. The Hall–Kier alpha value is -2.69. The van der Waals surface area contributed by atoms with E-state index in [2.05, 4.69) is 0 Å². The molecule has 6 nitrogen and oxygen atoms in total. The van der Waals surface area contributed by atoms with Gasteiger partial charge in [0.25, 0.3) is 0 Å². The van der Waals surface area contributed by atoms with Crippen molar-refractivity contribution in [3.05, 3.63) is 0 Å². The molecule has 0 radical (unpaired) electrons. The van der Waals surface area contributed by atoms with E-state index in [1.54, 1.807) is 0 Å². The molecule has 0 aromatic rings. The minimum absolute atomic E-state index is 0.308. The first-order chi connectivity index (χ1) is 25.1. The van der Waals surface area contributed by atoms with Crippen LogP contribution in [-0.2, 0) is 14.8 Å². The van der Waals surface area contributed by atoms with E-state index in [0.29, 0.717) is 0 Å². The molecule has 0 aromatic carbocycles. The highest BCUT2D eigenvalue weighted by Crippen LogP contribution is 2.69. The van der Waals surface area contributed by atoms with Crippen molar-refractivity contribution < 1.29 is 150 Å². The van der Waals surface area contributed by atoms with Gasteiger partial charge in [-0.15, -0.1) is 0 Å². The van der Waals surface area contributed by atoms with Gasteiger partial charge in [-0.1, -0.05) is 0 Å². The van der Waals surface area contributed by atoms with Crippen LogP contribution >= 0.6 is 0 Å². The van der Waals surface area contributed by atoms with E-state index in [1.807, 2.05) is 0 Å². The monoisotopic (exact) mass is 971 g/mol. The average molecular weight is 971 g/mol. The molecule has 0 atom stereocenters. The van der Waals surface area contributed by atoms with Gasteiger partial charge >= 0.3 is 89.1 Å². The van der Waals surface area contributed by atoms with Crippen LogP contribution in [0.1, 0.15) is 12.8 Å². The van der Waals surface area contributed by atoms with Gasteiger partial charge < -0.3 is 9.59 Å². The summed E-state index contributed by atoms with van der Waals surface area (Å²) in [6.45, 7) is -1.93. The van der Waals surface area contributed by atoms with E-state index in [0.717, 1.165) is 0 Å². The fourth-order valence-corrected chi connectivity index (χ4v) is 5.18. The van der Waals surface area contributed by atoms with Crippen LogP contribution in [0.15, 0.2) is 0 Å². The first-order valence-electron chi connectivity index (χ1n) is 14.1. The first-order valence-corrected chi connectivity index (χ1v) is 15.7. The Morgan fingerprint density at radius 1 is 0.475 bits per heavy atom. The van der Waals surface area contributed by atoms with E-state index in [9.17, 15) is 141 Å². The van der Waals surface area contributed by atoms with Crippen molar-refractivity contribution in [2.24, 2.45) is 0 Å². The highest BCUT2D eigenvalue weighted by Gasteiger charge is 3.00. The quantitative estimate of drug-likeness (QED) is 0.0647. The van der Waals surface area contributed by atoms with Crippen LogP contribution in [0.25, 0.3) is 0 Å². The third-order valence-corrected chi connectivity index (χ3v) is 9.05. The van der Waals surface area contributed by atoms with Gasteiger partial charge in [0.1, 0.15) is 0 Å². The van der Waals surface area contributed by atoms with E-state index >= 15 is 0 Å². The second-order valence-corrected chi connectivity index (χ2v) is 14.5. The molecule has 2 N–H and O–H groups in total. The van der Waals surface area contributed by atoms with Gasteiger partial charge in [-0.25, -0.2) is 17.9 Å². The minimum Gasteiger partial charge on any atom is -0.477 e. The Labute approximate surface area is 307 Å². The van der Waals surface area contributed by atoms with Gasteiger partial charge in [-0.05, 0) is 0 Å². The summed E-state index contributed by atoms with van der Waals surface area (Å²) >= 11 is 0. The second kappa shape index (κ2) is 15.3. The molecule has 0 aliphatic carbocycles. The molecule has 354 valence electrons. The summed E-state index contributed by atoms with van der Waals surface area (Å²) in [6, 6.07) is 0. The molecule has 0 bridgehead atoms. The van der Waals surface area contributed by atoms with Crippen LogP contribution in [0.5, 0.6) is 0 Å². The number of hydrogen-bond donors (Lipinski definition) is 2. The van der Waals surface area contributed by atoms with E-state index in [4.69, 9.17) is 5.11 Å². The van der Waals surface area contributed by atoms with Crippen molar-refractivity contribution in [1.82, 2.24) is 4.72 Å². The summed E-state index contributed by atoms with van der Waals surface area (Å²) in [7, 11) is -3.15. The zero-order valence-corrected chi connectivity index (χ0v) is 28.5. The maximum Gasteiger partial charge on any atom is 0.460 e. The zero-order valence-electron chi connectivity index (χ0n) is 27.7. The Bertz CT molecular complexity index is 1620. The maximum atomic E-state index is 14.1. The number of carbonyl (C=O) groups is 1. The summed E-state index contributed by atoms with van der Waals surface area (Å²) in [5, 5.41) is 8.70. The van der Waals surface area contributed by atoms with Crippen molar-refractivity contribution in [1.29, 1.82) is 0 Å². The van der Waals surface area contributed by atoms with Crippen LogP contribution in [0, 0.1) is 0 Å². The van der Waals surface area contributed by atoms with Crippen molar-refractivity contribution in [3.63, 3.8) is 0 Å². The molecule has 59 heavy (non-hydrogen) atoms. The highest BCUT2D eigenvalue weighted by atomic mass is 32.2. The Morgan fingerprint density at radius 3 is 0.983 bits per heavy atom. The van der Waals surface area contributed by atoms with Crippen molar-refractivity contribution in [2.45, 2.75) is 96.0 Å². The predicted octanol–water partition coefficient (Wildman–Crippen LogP) is 8.67. The summed E-state index contributed by atoms with van der Waals surface area (Å²) in [5.41, 5.74) is 0. The molecular weight excluding hydrogens is 951 g/mol. The Morgan fingerprint density at radius 2 is 0.729 bits per heavy atom. The smallest absolute Gasteiger partial charge is 0.460 e. The van der Waals surface area contributed by atoms with Crippen molar-refractivity contribution in [2.75, 3.05) is 39.5 Å². The van der Waals surface area contributed by atoms with Crippen LogP contribution < -0.4 is 4.72 Å². The molecule has 0 saturated heterocycles. The molecule has 0 unspecified atom stereocenters. The largest absolute Gasteiger partial charge is 0.477 e. The number of aliphatic carboxylic acids is 1. The lowest BCUT2D eigenvalue weighted by atomic mass is 9.83. The number of alkyl halides is 29. The standard InChI is InChI=1S/C23H19F29N2O4S/c1-54(2,8-9(55)56)6-3-5-53-59(57,58)7-4-10(24,25)11(26,27)12(28,29)13(30,31)14(32,33)15(34,35)16(36,37)17(38,39)18(40,41)19(42,43)20(44,45)21(46,47)22(48,49)23(50,51)52/h53H,3-8H2,1-2H3/p+1. The lowest BCUT2D eigenvalue weighted by molar-refractivity contribution is -0.883. The van der Waals surface area contributed by atoms with Crippen LogP contribution in [-0.4, -0.2) is 147 Å². The number of quaternary nitrogens is 1. The summed E-state index contributed by atoms with van der Waals surface area (Å²) in [4.78, 5) is 10.7. The molecule has 0 amide bonds. The Balaban J connectivity index is 7.01. The normalized spacial score (nSPS) is 16.5. The number of carboxylic acids is 1. The third-order valence-electron chi connectivity index (χ3n) is 7.66. The molecule has 0 aliphatic rings. The molecule has 0 rings (SSSR count). The fraction of sp³-hybridized carbons (Fsp3) is 0.957. The van der Waals surface area contributed by atoms with Gasteiger partial charge in [0, 0.05) is 19.4 Å². The summed E-state index contributed by atoms with van der Waals surface area (Å²) in [5.74, 6) is -126. The number of rotatable bonds is 22. The molecule has 0 heterocycles. The van der Waals surface area contributed by atoms with Crippen LogP contribution in [0.3, 0.4) is 0 Å². The predicted molar refractivity (Wildman–Crippen MR) is 131 cm³/mol. The van der Waals surface area contributed by atoms with E-state index in [-0.39, 0.29) is 6.54 Å². The van der Waals surface area contributed by atoms with Gasteiger partial charge in [0.15, 0.2) is 6.54 Å². The Kier molecular flexibility index (Phi) is 14.6. The first kappa shape index (κ1) is 56.3. The van der Waals surface area contributed by atoms with Crippen molar-refractivity contribution in [3.8, 4) is 0 Å². The van der Waals surface area contributed by atoms with Gasteiger partial charge in [0.2, 0.25) is 10.0 Å². The maximum absolute atomic E-state index is 14.1. The van der Waals surface area contributed by atoms with Gasteiger partial charge in [-0.2, -0.15) is 127 Å². The number of nitrogens with zero attached hydrogens (tertiary/aromatic N) is 1. The average Bonchev–Trinajstić information content (AvgIpc) is 2.99. The molecule has 0 fully saturated rings. The molecule has 0 aliphatic heterocycles.